The second-order valence-corrected chi connectivity index (χ2v) is 11.4. The first-order chi connectivity index (χ1) is 19.2. The number of nitrogens with zero attached hydrogens (tertiary/aromatic N) is 5. The summed E-state index contributed by atoms with van der Waals surface area (Å²) in [6.07, 6.45) is 6.21. The summed E-state index contributed by atoms with van der Waals surface area (Å²) in [5.41, 5.74) is 9.90. The topological polar surface area (TPSA) is 144 Å². The number of fused-ring (bicyclic) bond motifs is 1. The number of nitrogen functional groups attached to an aromatic ring is 1. The molecular weight excluding hydrogens is 528 g/mol. The van der Waals surface area contributed by atoms with E-state index in [9.17, 15) is 14.7 Å². The van der Waals surface area contributed by atoms with Gasteiger partial charge in [-0.3, -0.25) is 9.59 Å². The molecule has 4 heterocycles. The SMILES string of the molecule is CCCC(=O)Cc1nc2cc(-c3cnc(N4CCC(C)(C(=O)O)CC4)nc3)cc(-c3nc(OC)ccc3N)c2s1. The van der Waals surface area contributed by atoms with Crippen molar-refractivity contribution in [3.8, 4) is 28.3 Å². The van der Waals surface area contributed by atoms with Gasteiger partial charge in [0.25, 0.3) is 0 Å². The Hall–Kier alpha value is -4.12. The van der Waals surface area contributed by atoms with Crippen molar-refractivity contribution in [3.05, 3.63) is 41.7 Å². The highest BCUT2D eigenvalue weighted by atomic mass is 32.1. The molecule has 1 aliphatic heterocycles. The average molecular weight is 561 g/mol. The molecule has 4 aromatic rings. The van der Waals surface area contributed by atoms with Crippen molar-refractivity contribution in [2.45, 2.75) is 46.0 Å². The molecule has 1 aromatic carbocycles. The van der Waals surface area contributed by atoms with Crippen molar-refractivity contribution >= 4 is 44.9 Å². The van der Waals surface area contributed by atoms with E-state index in [-0.39, 0.29) is 12.2 Å². The second kappa shape index (κ2) is 11.2. The number of carbonyl (C=O) groups is 2. The number of methoxy groups -OCH3 is 1. The molecule has 0 atom stereocenters. The highest BCUT2D eigenvalue weighted by Crippen LogP contribution is 2.39. The lowest BCUT2D eigenvalue weighted by Gasteiger charge is -2.36. The Labute approximate surface area is 236 Å². The van der Waals surface area contributed by atoms with Gasteiger partial charge in [-0.25, -0.2) is 19.9 Å². The summed E-state index contributed by atoms with van der Waals surface area (Å²) in [4.78, 5) is 44.6. The van der Waals surface area contributed by atoms with Crippen LogP contribution in [0.5, 0.6) is 5.88 Å². The van der Waals surface area contributed by atoms with Crippen molar-refractivity contribution in [2.24, 2.45) is 5.41 Å². The molecule has 0 amide bonds. The Kier molecular flexibility index (Phi) is 7.66. The molecule has 10 nitrogen and oxygen atoms in total. The Morgan fingerprint density at radius 3 is 2.50 bits per heavy atom. The highest BCUT2D eigenvalue weighted by molar-refractivity contribution is 7.19. The van der Waals surface area contributed by atoms with E-state index in [0.29, 0.717) is 55.6 Å². The van der Waals surface area contributed by atoms with Gasteiger partial charge < -0.3 is 20.5 Å². The number of carboxylic acids is 1. The molecule has 11 heteroatoms. The second-order valence-electron chi connectivity index (χ2n) is 10.4. The van der Waals surface area contributed by atoms with Crippen LogP contribution in [-0.2, 0) is 16.0 Å². The minimum Gasteiger partial charge on any atom is -0.481 e. The molecular formula is C29H32N6O4S. The van der Waals surface area contributed by atoms with Crippen LogP contribution in [0.3, 0.4) is 0 Å². The summed E-state index contributed by atoms with van der Waals surface area (Å²) in [7, 11) is 1.56. The first-order valence-corrected chi connectivity index (χ1v) is 14.1. The van der Waals surface area contributed by atoms with E-state index in [1.165, 1.54) is 11.3 Å². The molecule has 3 N–H and O–H groups in total. The quantitative estimate of drug-likeness (QED) is 0.287. The fourth-order valence-electron chi connectivity index (χ4n) is 4.86. The standard InChI is InChI=1S/C29H32N6O4S/c1-4-5-19(36)14-24-33-22-13-17(12-20(26(22)40-24)25-21(30)6-7-23(34-25)39-3)18-15-31-28(32-16-18)35-10-8-29(2,9-11-35)27(37)38/h6-7,12-13,15-16H,4-5,8-11,14,30H2,1-3H3,(H,37,38). The molecule has 0 spiro atoms. The fourth-order valence-corrected chi connectivity index (χ4v) is 5.95. The monoisotopic (exact) mass is 560 g/mol. The molecule has 5 rings (SSSR count). The molecule has 40 heavy (non-hydrogen) atoms. The molecule has 0 radical (unpaired) electrons. The van der Waals surface area contributed by atoms with Crippen LogP contribution in [0.4, 0.5) is 11.6 Å². The van der Waals surface area contributed by atoms with Gasteiger partial charge in [0.1, 0.15) is 10.8 Å². The van der Waals surface area contributed by atoms with Gasteiger partial charge in [-0.1, -0.05) is 6.92 Å². The van der Waals surface area contributed by atoms with E-state index in [1.54, 1.807) is 38.6 Å². The number of Topliss-reactive ketones (excluding diaryl/α,β-unsaturated/α-hetero) is 1. The van der Waals surface area contributed by atoms with Gasteiger partial charge in [0.05, 0.1) is 40.5 Å². The number of rotatable bonds is 9. The van der Waals surface area contributed by atoms with Crippen molar-refractivity contribution in [1.82, 2.24) is 19.9 Å². The Bertz CT molecular complexity index is 1560. The number of anilines is 2. The van der Waals surface area contributed by atoms with Gasteiger partial charge in [0, 0.05) is 49.1 Å². The summed E-state index contributed by atoms with van der Waals surface area (Å²) in [6.45, 7) is 4.94. The number of carbonyl (C=O) groups excluding carboxylic acids is 1. The zero-order valence-corrected chi connectivity index (χ0v) is 23.6. The van der Waals surface area contributed by atoms with E-state index >= 15 is 0 Å². The molecule has 0 unspecified atom stereocenters. The Morgan fingerprint density at radius 2 is 1.85 bits per heavy atom. The predicted octanol–water partition coefficient (Wildman–Crippen LogP) is 5.01. The van der Waals surface area contributed by atoms with Crippen molar-refractivity contribution < 1.29 is 19.4 Å². The van der Waals surface area contributed by atoms with E-state index < -0.39 is 11.4 Å². The third-order valence-electron chi connectivity index (χ3n) is 7.41. The van der Waals surface area contributed by atoms with Crippen LogP contribution in [0.1, 0.15) is 44.5 Å². The van der Waals surface area contributed by atoms with Crippen LogP contribution < -0.4 is 15.4 Å². The number of hydrogen-bond donors (Lipinski definition) is 2. The van der Waals surface area contributed by atoms with Crippen molar-refractivity contribution in [2.75, 3.05) is 30.8 Å². The summed E-state index contributed by atoms with van der Waals surface area (Å²) in [5.74, 6) is 0.411. The number of ether oxygens (including phenoxy) is 1. The maximum atomic E-state index is 12.4. The van der Waals surface area contributed by atoms with Crippen LogP contribution in [0.2, 0.25) is 0 Å². The first-order valence-electron chi connectivity index (χ1n) is 13.3. The number of benzene rings is 1. The number of carboxylic acid groups (broad SMARTS) is 1. The number of pyridine rings is 1. The Balaban J connectivity index is 1.52. The molecule has 0 saturated carbocycles. The Morgan fingerprint density at radius 1 is 1.12 bits per heavy atom. The number of thiazole rings is 1. The predicted molar refractivity (Wildman–Crippen MR) is 156 cm³/mol. The van der Waals surface area contributed by atoms with E-state index in [4.69, 9.17) is 15.5 Å². The van der Waals surface area contributed by atoms with E-state index in [0.717, 1.165) is 38.3 Å². The largest absolute Gasteiger partial charge is 0.481 e. The maximum absolute atomic E-state index is 12.4. The van der Waals surface area contributed by atoms with Gasteiger partial charge in [-0.15, -0.1) is 11.3 Å². The van der Waals surface area contributed by atoms with Gasteiger partial charge in [-0.05, 0) is 49.9 Å². The van der Waals surface area contributed by atoms with Crippen molar-refractivity contribution in [3.63, 3.8) is 0 Å². The lowest BCUT2D eigenvalue weighted by Crippen LogP contribution is -2.43. The summed E-state index contributed by atoms with van der Waals surface area (Å²) >= 11 is 1.47. The maximum Gasteiger partial charge on any atom is 0.309 e. The fraction of sp³-hybridized carbons (Fsp3) is 0.379. The summed E-state index contributed by atoms with van der Waals surface area (Å²) < 4.78 is 6.25. The van der Waals surface area contributed by atoms with Gasteiger partial charge in [0.15, 0.2) is 0 Å². The normalized spacial score (nSPS) is 14.8. The minimum absolute atomic E-state index is 0.160. The molecule has 3 aromatic heterocycles. The molecule has 1 fully saturated rings. The van der Waals surface area contributed by atoms with Crippen LogP contribution in [0.25, 0.3) is 32.6 Å². The number of hydrogen-bond acceptors (Lipinski definition) is 10. The third-order valence-corrected chi connectivity index (χ3v) is 8.52. The van der Waals surface area contributed by atoms with Gasteiger partial charge in [-0.2, -0.15) is 0 Å². The smallest absolute Gasteiger partial charge is 0.309 e. The third kappa shape index (κ3) is 5.46. The lowest BCUT2D eigenvalue weighted by molar-refractivity contribution is -0.149. The molecule has 208 valence electrons. The average Bonchev–Trinajstić information content (AvgIpc) is 3.35. The number of aliphatic carboxylic acids is 1. The molecule has 1 aliphatic rings. The minimum atomic E-state index is -0.763. The van der Waals surface area contributed by atoms with Gasteiger partial charge in [0.2, 0.25) is 11.8 Å². The molecule has 0 aliphatic carbocycles. The van der Waals surface area contributed by atoms with Crippen LogP contribution in [-0.4, -0.2) is 57.0 Å². The van der Waals surface area contributed by atoms with Crippen LogP contribution in [0.15, 0.2) is 36.7 Å². The number of ketones is 1. The molecule has 1 saturated heterocycles. The molecule has 0 bridgehead atoms. The zero-order chi connectivity index (χ0) is 28.4. The first kappa shape index (κ1) is 27.4. The summed E-state index contributed by atoms with van der Waals surface area (Å²) in [6, 6.07) is 7.44. The van der Waals surface area contributed by atoms with E-state index in [1.807, 2.05) is 24.0 Å². The highest BCUT2D eigenvalue weighted by Gasteiger charge is 2.37. The summed E-state index contributed by atoms with van der Waals surface area (Å²) in [5, 5.41) is 10.3. The van der Waals surface area contributed by atoms with E-state index in [2.05, 4.69) is 15.0 Å². The number of nitrogens with two attached hydrogens (primary N) is 1. The van der Waals surface area contributed by atoms with Gasteiger partial charge >= 0.3 is 5.97 Å². The van der Waals surface area contributed by atoms with Crippen molar-refractivity contribution in [1.29, 1.82) is 0 Å². The van der Waals surface area contributed by atoms with Crippen LogP contribution >= 0.6 is 11.3 Å². The zero-order valence-electron chi connectivity index (χ0n) is 22.8. The van der Waals surface area contributed by atoms with Crippen LogP contribution in [0, 0.1) is 5.41 Å². The lowest BCUT2D eigenvalue weighted by atomic mass is 9.80. The number of aromatic nitrogens is 4. The number of piperidine rings is 1.